The second-order valence-electron chi connectivity index (χ2n) is 10.0. The Morgan fingerprint density at radius 2 is 1.32 bits per heavy atom. The Morgan fingerprint density at radius 3 is 1.97 bits per heavy atom. The van der Waals surface area contributed by atoms with Crippen molar-refractivity contribution in [1.29, 1.82) is 0 Å². The first-order valence-electron chi connectivity index (χ1n) is 12.9. The van der Waals surface area contributed by atoms with Gasteiger partial charge in [-0.2, -0.15) is 0 Å². The van der Waals surface area contributed by atoms with Gasteiger partial charge in [0.2, 0.25) is 0 Å². The van der Waals surface area contributed by atoms with Gasteiger partial charge in [0.1, 0.15) is 36.9 Å². The summed E-state index contributed by atoms with van der Waals surface area (Å²) in [5, 5.41) is 0. The molecular weight excluding hydrogens is 424 g/mol. The normalized spacial score (nSPS) is 24.2. The molecule has 0 N–H and O–H groups in total. The number of ether oxygens (including phenoxy) is 4. The van der Waals surface area contributed by atoms with Crippen molar-refractivity contribution in [1.82, 2.24) is 0 Å². The number of benzene rings is 2. The van der Waals surface area contributed by atoms with Gasteiger partial charge in [0.05, 0.1) is 13.2 Å². The van der Waals surface area contributed by atoms with E-state index in [9.17, 15) is 0 Å². The summed E-state index contributed by atoms with van der Waals surface area (Å²) in [5.41, 5.74) is 6.83. The summed E-state index contributed by atoms with van der Waals surface area (Å²) < 4.78 is 22.6. The highest BCUT2D eigenvalue weighted by Gasteiger charge is 2.26. The summed E-state index contributed by atoms with van der Waals surface area (Å²) in [7, 11) is 0. The Hall–Kier alpha value is -2.56. The van der Waals surface area contributed by atoms with Crippen molar-refractivity contribution in [2.75, 3.05) is 26.4 Å². The van der Waals surface area contributed by atoms with Crippen LogP contribution < -0.4 is 9.47 Å². The number of hydrogen-bond acceptors (Lipinski definition) is 4. The van der Waals surface area contributed by atoms with Crippen LogP contribution in [0.5, 0.6) is 11.5 Å². The van der Waals surface area contributed by atoms with Crippen LogP contribution in [-0.2, 0) is 9.47 Å². The highest BCUT2D eigenvalue weighted by Crippen LogP contribution is 2.40. The maximum absolute atomic E-state index is 6.20. The Morgan fingerprint density at radius 1 is 0.706 bits per heavy atom. The lowest BCUT2D eigenvalue weighted by atomic mass is 9.82. The molecule has 3 fully saturated rings. The van der Waals surface area contributed by atoms with Gasteiger partial charge in [-0.3, -0.25) is 0 Å². The average molecular weight is 459 g/mol. The van der Waals surface area contributed by atoms with Crippen molar-refractivity contribution in [2.45, 2.75) is 63.1 Å². The Balaban J connectivity index is 1.18. The largest absolute Gasteiger partial charge is 0.491 e. The zero-order valence-electron chi connectivity index (χ0n) is 19.8. The van der Waals surface area contributed by atoms with Crippen LogP contribution in [0.4, 0.5) is 0 Å². The van der Waals surface area contributed by atoms with E-state index in [2.05, 4.69) is 54.6 Å². The minimum absolute atomic E-state index is 0.288. The van der Waals surface area contributed by atoms with E-state index in [1.807, 2.05) is 0 Å². The van der Waals surface area contributed by atoms with E-state index < -0.39 is 0 Å². The van der Waals surface area contributed by atoms with Crippen LogP contribution in [0.2, 0.25) is 0 Å². The molecule has 0 aromatic heterocycles. The van der Waals surface area contributed by atoms with Crippen molar-refractivity contribution in [3.63, 3.8) is 0 Å². The fourth-order valence-corrected chi connectivity index (χ4v) is 5.20. The van der Waals surface area contributed by atoms with Crippen LogP contribution in [0.3, 0.4) is 0 Å². The first kappa shape index (κ1) is 21.9. The van der Waals surface area contributed by atoms with Crippen LogP contribution in [0.1, 0.15) is 67.6 Å². The molecule has 2 aromatic carbocycles. The van der Waals surface area contributed by atoms with Gasteiger partial charge >= 0.3 is 0 Å². The van der Waals surface area contributed by atoms with E-state index >= 15 is 0 Å². The van der Waals surface area contributed by atoms with Crippen molar-refractivity contribution in [2.24, 2.45) is 0 Å². The topological polar surface area (TPSA) is 43.5 Å². The van der Waals surface area contributed by atoms with Crippen LogP contribution in [-0.4, -0.2) is 38.6 Å². The standard InChI is InChI=1S/C30H34O4/c1-2-4-24(5-3-1)29-16-25(12-15-30(29)34-20-28-19-33-28)23-8-6-21(7-9-23)22-10-13-26(14-11-22)31-17-27-18-32-27/h6,8,10-16,24,27-28H,1-5,7,9,17-20H2. The fraction of sp³-hybridized carbons (Fsp3) is 0.467. The molecule has 4 aliphatic rings. The van der Waals surface area contributed by atoms with Gasteiger partial charge in [-0.15, -0.1) is 0 Å². The van der Waals surface area contributed by atoms with Gasteiger partial charge in [-0.05, 0) is 83.7 Å². The average Bonchev–Trinajstić information content (AvgIpc) is 3.83. The van der Waals surface area contributed by atoms with Crippen molar-refractivity contribution >= 4 is 11.1 Å². The first-order chi connectivity index (χ1) is 16.8. The first-order valence-corrected chi connectivity index (χ1v) is 12.9. The number of hydrogen-bond donors (Lipinski definition) is 0. The second-order valence-corrected chi connectivity index (χ2v) is 10.0. The van der Waals surface area contributed by atoms with Gasteiger partial charge in [-0.1, -0.05) is 49.6 Å². The smallest absolute Gasteiger partial charge is 0.122 e. The third kappa shape index (κ3) is 5.39. The van der Waals surface area contributed by atoms with E-state index in [0.29, 0.717) is 19.1 Å². The van der Waals surface area contributed by atoms with E-state index in [1.165, 1.54) is 59.9 Å². The molecule has 2 unspecified atom stereocenters. The van der Waals surface area contributed by atoms with E-state index in [-0.39, 0.29) is 12.2 Å². The van der Waals surface area contributed by atoms with E-state index in [4.69, 9.17) is 18.9 Å². The van der Waals surface area contributed by atoms with Gasteiger partial charge in [0, 0.05) is 0 Å². The molecule has 34 heavy (non-hydrogen) atoms. The summed E-state index contributed by atoms with van der Waals surface area (Å²) in [6, 6.07) is 15.3. The molecule has 0 radical (unpaired) electrons. The monoisotopic (exact) mass is 458 g/mol. The molecular formula is C30H34O4. The predicted molar refractivity (Wildman–Crippen MR) is 134 cm³/mol. The summed E-state index contributed by atoms with van der Waals surface area (Å²) in [6.07, 6.45) is 13.9. The summed E-state index contributed by atoms with van der Waals surface area (Å²) >= 11 is 0. The molecule has 1 saturated carbocycles. The zero-order chi connectivity index (χ0) is 22.7. The minimum Gasteiger partial charge on any atom is -0.491 e. The van der Waals surface area contributed by atoms with Crippen LogP contribution in [0.25, 0.3) is 11.1 Å². The summed E-state index contributed by atoms with van der Waals surface area (Å²) in [5.74, 6) is 2.60. The van der Waals surface area contributed by atoms with E-state index in [1.54, 1.807) is 0 Å². The molecule has 2 atom stereocenters. The molecule has 178 valence electrons. The Kier molecular flexibility index (Phi) is 6.43. The lowest BCUT2D eigenvalue weighted by Gasteiger charge is -2.25. The molecule has 6 rings (SSSR count). The maximum Gasteiger partial charge on any atom is 0.122 e. The third-order valence-electron chi connectivity index (χ3n) is 7.47. The molecule has 0 amide bonds. The van der Waals surface area contributed by atoms with Gasteiger partial charge < -0.3 is 18.9 Å². The number of epoxide rings is 2. The van der Waals surface area contributed by atoms with Crippen LogP contribution in [0.15, 0.2) is 54.6 Å². The van der Waals surface area contributed by atoms with E-state index in [0.717, 1.165) is 37.6 Å². The number of allylic oxidation sites excluding steroid dienone is 4. The molecule has 2 heterocycles. The molecule has 2 aliphatic carbocycles. The summed E-state index contributed by atoms with van der Waals surface area (Å²) in [6.45, 7) is 2.98. The molecule has 0 bridgehead atoms. The highest BCUT2D eigenvalue weighted by atomic mass is 16.6. The maximum atomic E-state index is 6.20. The predicted octanol–water partition coefficient (Wildman–Crippen LogP) is 6.55. The van der Waals surface area contributed by atoms with Crippen molar-refractivity contribution in [3.8, 4) is 11.5 Å². The summed E-state index contributed by atoms with van der Waals surface area (Å²) in [4.78, 5) is 0. The SMILES string of the molecule is C1=C(c2ccc(OCC3CO3)cc2)CCC(c2ccc(OCC3CO3)c(C3CCCCC3)c2)=C1. The van der Waals surface area contributed by atoms with Crippen LogP contribution >= 0.6 is 0 Å². The third-order valence-corrected chi connectivity index (χ3v) is 7.47. The van der Waals surface area contributed by atoms with Crippen LogP contribution in [0, 0.1) is 0 Å². The molecule has 0 spiro atoms. The second kappa shape index (κ2) is 9.97. The number of rotatable bonds is 9. The lowest BCUT2D eigenvalue weighted by molar-refractivity contribution is 0.258. The van der Waals surface area contributed by atoms with Gasteiger partial charge in [0.15, 0.2) is 0 Å². The fourth-order valence-electron chi connectivity index (χ4n) is 5.20. The van der Waals surface area contributed by atoms with Crippen molar-refractivity contribution < 1.29 is 18.9 Å². The minimum atomic E-state index is 0.288. The lowest BCUT2D eigenvalue weighted by Crippen LogP contribution is -2.10. The quantitative estimate of drug-likeness (QED) is 0.400. The molecule has 2 aromatic rings. The highest BCUT2D eigenvalue weighted by molar-refractivity contribution is 5.78. The van der Waals surface area contributed by atoms with Gasteiger partial charge in [-0.25, -0.2) is 0 Å². The Labute approximate surface area is 202 Å². The zero-order valence-corrected chi connectivity index (χ0v) is 19.8. The van der Waals surface area contributed by atoms with Crippen molar-refractivity contribution in [3.05, 3.63) is 71.3 Å². The molecule has 4 nitrogen and oxygen atoms in total. The molecule has 4 heteroatoms. The molecule has 2 aliphatic heterocycles. The molecule has 2 saturated heterocycles. The Bertz CT molecular complexity index is 1050. The van der Waals surface area contributed by atoms with Gasteiger partial charge in [0.25, 0.3) is 0 Å².